The maximum Gasteiger partial charge on any atom is 0.233 e. The van der Waals surface area contributed by atoms with Crippen molar-refractivity contribution >= 4 is 17.7 Å². The smallest absolute Gasteiger partial charge is 0.233 e. The second-order valence-electron chi connectivity index (χ2n) is 6.90. The van der Waals surface area contributed by atoms with Crippen LogP contribution in [0.1, 0.15) is 22.3 Å². The minimum atomic E-state index is 0.143. The number of benzene rings is 2. The molecule has 3 aromatic rings. The highest BCUT2D eigenvalue weighted by Crippen LogP contribution is 2.24. The van der Waals surface area contributed by atoms with E-state index in [1.165, 1.54) is 28.5 Å². The molecule has 6 heteroatoms. The van der Waals surface area contributed by atoms with Crippen molar-refractivity contribution in [3.05, 3.63) is 71.0 Å². The molecule has 0 spiro atoms. The van der Waals surface area contributed by atoms with Gasteiger partial charge in [0.05, 0.1) is 11.4 Å². The molecule has 1 aliphatic rings. The third-order valence-electron chi connectivity index (χ3n) is 4.94. The van der Waals surface area contributed by atoms with Crippen molar-refractivity contribution in [1.82, 2.24) is 19.7 Å². The van der Waals surface area contributed by atoms with E-state index in [2.05, 4.69) is 60.4 Å². The third-order valence-corrected chi connectivity index (χ3v) is 5.86. The number of rotatable bonds is 4. The monoisotopic (exact) mass is 378 g/mol. The van der Waals surface area contributed by atoms with E-state index in [-0.39, 0.29) is 5.91 Å². The highest BCUT2D eigenvalue weighted by molar-refractivity contribution is 7.99. The number of thioether (sulfide) groups is 1. The summed E-state index contributed by atoms with van der Waals surface area (Å²) in [6, 6.07) is 14.6. The SMILES string of the molecule is Cc1ccc(-n2cnnc2SCC(=O)N2CCc3ccccc3C2)c(C)c1. The van der Waals surface area contributed by atoms with Gasteiger partial charge in [-0.15, -0.1) is 10.2 Å². The van der Waals surface area contributed by atoms with Gasteiger partial charge in [0.1, 0.15) is 6.33 Å². The molecule has 1 aromatic heterocycles. The molecular weight excluding hydrogens is 356 g/mol. The molecule has 0 aliphatic carbocycles. The summed E-state index contributed by atoms with van der Waals surface area (Å²) in [6.07, 6.45) is 2.63. The molecule has 27 heavy (non-hydrogen) atoms. The quantitative estimate of drug-likeness (QED) is 0.652. The summed E-state index contributed by atoms with van der Waals surface area (Å²) in [5, 5.41) is 9.01. The topological polar surface area (TPSA) is 51.0 Å². The Labute approximate surface area is 163 Å². The number of aryl methyl sites for hydroxylation is 2. The third kappa shape index (κ3) is 3.76. The van der Waals surface area contributed by atoms with E-state index in [0.29, 0.717) is 12.3 Å². The number of amides is 1. The molecule has 138 valence electrons. The number of hydrogen-bond donors (Lipinski definition) is 0. The minimum absolute atomic E-state index is 0.143. The molecule has 0 atom stereocenters. The van der Waals surface area contributed by atoms with E-state index in [4.69, 9.17) is 0 Å². The molecule has 2 heterocycles. The van der Waals surface area contributed by atoms with Crippen LogP contribution in [-0.4, -0.2) is 37.9 Å². The number of aromatic nitrogens is 3. The lowest BCUT2D eigenvalue weighted by atomic mass is 10.00. The Kier molecular flexibility index (Phi) is 4.99. The van der Waals surface area contributed by atoms with Crippen LogP contribution in [0, 0.1) is 13.8 Å². The van der Waals surface area contributed by atoms with Gasteiger partial charge in [0, 0.05) is 13.1 Å². The van der Waals surface area contributed by atoms with Gasteiger partial charge in [-0.05, 0) is 43.0 Å². The predicted octanol–water partition coefficient (Wildman–Crippen LogP) is 3.56. The van der Waals surface area contributed by atoms with Crippen LogP contribution in [-0.2, 0) is 17.8 Å². The van der Waals surface area contributed by atoms with Gasteiger partial charge in [0.25, 0.3) is 0 Å². The lowest BCUT2D eigenvalue weighted by Crippen LogP contribution is -2.37. The summed E-state index contributed by atoms with van der Waals surface area (Å²) in [6.45, 7) is 5.63. The molecule has 1 aliphatic heterocycles. The maximum atomic E-state index is 12.7. The summed E-state index contributed by atoms with van der Waals surface area (Å²) in [5.74, 6) is 0.510. The lowest BCUT2D eigenvalue weighted by Gasteiger charge is -2.28. The summed E-state index contributed by atoms with van der Waals surface area (Å²) in [5.41, 5.74) is 6.03. The Balaban J connectivity index is 1.44. The zero-order chi connectivity index (χ0) is 18.8. The number of carbonyl (C=O) groups is 1. The first-order valence-electron chi connectivity index (χ1n) is 9.07. The number of nitrogens with zero attached hydrogens (tertiary/aromatic N) is 4. The number of carbonyl (C=O) groups excluding carboxylic acids is 1. The summed E-state index contributed by atoms with van der Waals surface area (Å²) in [4.78, 5) is 14.6. The van der Waals surface area contributed by atoms with Crippen LogP contribution in [0.4, 0.5) is 0 Å². The molecule has 0 bridgehead atoms. The van der Waals surface area contributed by atoms with Crippen LogP contribution in [0.25, 0.3) is 5.69 Å². The second kappa shape index (κ2) is 7.56. The van der Waals surface area contributed by atoms with Crippen LogP contribution in [0.15, 0.2) is 53.9 Å². The molecule has 4 rings (SSSR count). The van der Waals surface area contributed by atoms with E-state index < -0.39 is 0 Å². The van der Waals surface area contributed by atoms with E-state index in [9.17, 15) is 4.79 Å². The summed E-state index contributed by atoms with van der Waals surface area (Å²) < 4.78 is 1.96. The Hall–Kier alpha value is -2.60. The molecular formula is C21H22N4OS. The summed E-state index contributed by atoms with van der Waals surface area (Å²) in [7, 11) is 0. The van der Waals surface area contributed by atoms with Gasteiger partial charge >= 0.3 is 0 Å². The predicted molar refractivity (Wildman–Crippen MR) is 107 cm³/mol. The molecule has 0 saturated heterocycles. The number of fused-ring (bicyclic) bond motifs is 1. The van der Waals surface area contributed by atoms with Gasteiger partial charge < -0.3 is 4.90 Å². The van der Waals surface area contributed by atoms with Crippen LogP contribution in [0.2, 0.25) is 0 Å². The minimum Gasteiger partial charge on any atom is -0.337 e. The van der Waals surface area contributed by atoms with Gasteiger partial charge in [-0.2, -0.15) is 0 Å². The van der Waals surface area contributed by atoms with Gasteiger partial charge in [0.2, 0.25) is 5.91 Å². The first kappa shape index (κ1) is 17.8. The molecule has 2 aromatic carbocycles. The van der Waals surface area contributed by atoms with Crippen molar-refractivity contribution in [2.45, 2.75) is 32.0 Å². The highest BCUT2D eigenvalue weighted by Gasteiger charge is 2.21. The van der Waals surface area contributed by atoms with Crippen LogP contribution in [0.5, 0.6) is 0 Å². The Bertz CT molecular complexity index is 982. The average Bonchev–Trinajstić information content (AvgIpc) is 3.14. The fourth-order valence-corrected chi connectivity index (χ4v) is 4.31. The largest absolute Gasteiger partial charge is 0.337 e. The molecule has 0 unspecified atom stereocenters. The van der Waals surface area contributed by atoms with Gasteiger partial charge in [-0.1, -0.05) is 53.7 Å². The molecule has 5 nitrogen and oxygen atoms in total. The fraction of sp³-hybridized carbons (Fsp3) is 0.286. The normalized spacial score (nSPS) is 13.5. The van der Waals surface area contributed by atoms with Crippen LogP contribution >= 0.6 is 11.8 Å². The van der Waals surface area contributed by atoms with Gasteiger partial charge in [-0.25, -0.2) is 0 Å². The molecule has 0 N–H and O–H groups in total. The molecule has 0 radical (unpaired) electrons. The van der Waals surface area contributed by atoms with Gasteiger partial charge in [-0.3, -0.25) is 9.36 Å². The van der Waals surface area contributed by atoms with Crippen LogP contribution in [0.3, 0.4) is 0 Å². The zero-order valence-corrected chi connectivity index (χ0v) is 16.4. The summed E-state index contributed by atoms with van der Waals surface area (Å²) >= 11 is 1.44. The lowest BCUT2D eigenvalue weighted by molar-refractivity contribution is -0.129. The van der Waals surface area contributed by atoms with Crippen LogP contribution < -0.4 is 0 Å². The van der Waals surface area contributed by atoms with Crippen molar-refractivity contribution in [2.24, 2.45) is 0 Å². The second-order valence-corrected chi connectivity index (χ2v) is 7.84. The first-order valence-corrected chi connectivity index (χ1v) is 10.1. The first-order chi connectivity index (χ1) is 13.1. The van der Waals surface area contributed by atoms with Crippen molar-refractivity contribution in [1.29, 1.82) is 0 Å². The Morgan fingerprint density at radius 2 is 1.96 bits per heavy atom. The van der Waals surface area contributed by atoms with E-state index >= 15 is 0 Å². The molecule has 1 amide bonds. The van der Waals surface area contributed by atoms with E-state index in [1.807, 2.05) is 15.5 Å². The maximum absolute atomic E-state index is 12.7. The van der Waals surface area contributed by atoms with Crippen molar-refractivity contribution in [3.63, 3.8) is 0 Å². The standard InChI is InChI=1S/C21H22N4OS/c1-15-7-8-19(16(2)11-15)25-14-22-23-21(25)27-13-20(26)24-10-9-17-5-3-4-6-18(17)12-24/h3-8,11,14H,9-10,12-13H2,1-2H3. The highest BCUT2D eigenvalue weighted by atomic mass is 32.2. The van der Waals surface area contributed by atoms with E-state index in [1.54, 1.807) is 6.33 Å². The molecule has 0 fully saturated rings. The zero-order valence-electron chi connectivity index (χ0n) is 15.6. The Morgan fingerprint density at radius 3 is 2.78 bits per heavy atom. The fourth-order valence-electron chi connectivity index (χ4n) is 3.49. The average molecular weight is 379 g/mol. The molecule has 0 saturated carbocycles. The van der Waals surface area contributed by atoms with Gasteiger partial charge in [0.15, 0.2) is 5.16 Å². The van der Waals surface area contributed by atoms with Crippen molar-refractivity contribution in [3.8, 4) is 5.69 Å². The van der Waals surface area contributed by atoms with E-state index in [0.717, 1.165) is 29.4 Å². The van der Waals surface area contributed by atoms with Crippen molar-refractivity contribution in [2.75, 3.05) is 12.3 Å². The Morgan fingerprint density at radius 1 is 1.15 bits per heavy atom. The van der Waals surface area contributed by atoms with Crippen molar-refractivity contribution < 1.29 is 4.79 Å². The number of hydrogen-bond acceptors (Lipinski definition) is 4.